The highest BCUT2D eigenvalue weighted by Crippen LogP contribution is 2.09. The zero-order valence-electron chi connectivity index (χ0n) is 10.4. The van der Waals surface area contributed by atoms with Crippen molar-refractivity contribution in [2.45, 2.75) is 12.8 Å². The fourth-order valence-corrected chi connectivity index (χ4v) is 1.88. The van der Waals surface area contributed by atoms with Gasteiger partial charge in [-0.25, -0.2) is 5.43 Å². The van der Waals surface area contributed by atoms with E-state index in [1.807, 2.05) is 0 Å². The van der Waals surface area contributed by atoms with E-state index in [-0.39, 0.29) is 5.75 Å². The van der Waals surface area contributed by atoms with Gasteiger partial charge in [-0.3, -0.25) is 9.59 Å². The standard InChI is InChI=1S/C13H15N3O3/c17-11-5-3-4-10(8-11)9-14-15-12(18)13(19)16-6-1-2-7-16/h3-5,8-9,17H,1-2,6-7H2,(H,15,18)/b14-9+. The molecule has 1 aromatic rings. The first-order chi connectivity index (χ1) is 9.16. The van der Waals surface area contributed by atoms with Gasteiger partial charge in [0.25, 0.3) is 0 Å². The lowest BCUT2D eigenvalue weighted by molar-refractivity contribution is -0.145. The van der Waals surface area contributed by atoms with E-state index >= 15 is 0 Å². The Morgan fingerprint density at radius 1 is 1.32 bits per heavy atom. The molecule has 0 bridgehead atoms. The van der Waals surface area contributed by atoms with Gasteiger partial charge in [0, 0.05) is 13.1 Å². The normalized spacial score (nSPS) is 14.8. The molecule has 0 aliphatic carbocycles. The minimum absolute atomic E-state index is 0.114. The van der Waals surface area contributed by atoms with Gasteiger partial charge in [0.2, 0.25) is 0 Å². The number of benzene rings is 1. The van der Waals surface area contributed by atoms with E-state index in [4.69, 9.17) is 0 Å². The van der Waals surface area contributed by atoms with Crippen molar-refractivity contribution in [3.05, 3.63) is 29.8 Å². The van der Waals surface area contributed by atoms with Crippen LogP contribution in [0, 0.1) is 0 Å². The van der Waals surface area contributed by atoms with Crippen molar-refractivity contribution in [2.75, 3.05) is 13.1 Å². The maximum atomic E-state index is 11.6. The van der Waals surface area contributed by atoms with Crippen LogP contribution in [0.3, 0.4) is 0 Å². The highest BCUT2D eigenvalue weighted by Gasteiger charge is 2.23. The van der Waals surface area contributed by atoms with Crippen molar-refractivity contribution in [2.24, 2.45) is 5.10 Å². The number of carbonyl (C=O) groups excluding carboxylic acids is 2. The Bertz CT molecular complexity index is 508. The molecule has 0 atom stereocenters. The first kappa shape index (κ1) is 13.1. The number of phenolic OH excluding ortho intramolecular Hbond substituents is 1. The number of hydrogen-bond acceptors (Lipinski definition) is 4. The molecule has 1 saturated heterocycles. The van der Waals surface area contributed by atoms with Crippen molar-refractivity contribution in [1.82, 2.24) is 10.3 Å². The van der Waals surface area contributed by atoms with Gasteiger partial charge < -0.3 is 10.0 Å². The Morgan fingerprint density at radius 2 is 2.05 bits per heavy atom. The highest BCUT2D eigenvalue weighted by molar-refractivity contribution is 6.35. The molecule has 0 radical (unpaired) electrons. The topological polar surface area (TPSA) is 82.0 Å². The number of phenols is 1. The van der Waals surface area contributed by atoms with E-state index < -0.39 is 11.8 Å². The Kier molecular flexibility index (Phi) is 4.12. The third kappa shape index (κ3) is 3.54. The summed E-state index contributed by atoms with van der Waals surface area (Å²) in [7, 11) is 0. The predicted octanol–water partition coefficient (Wildman–Crippen LogP) is 0.465. The number of hydrogen-bond donors (Lipinski definition) is 2. The van der Waals surface area contributed by atoms with Crippen LogP contribution in [0.5, 0.6) is 5.75 Å². The van der Waals surface area contributed by atoms with Crippen LogP contribution in [0.4, 0.5) is 0 Å². The molecular formula is C13H15N3O3. The Hall–Kier alpha value is -2.37. The molecule has 0 aromatic heterocycles. The van der Waals surface area contributed by atoms with Crippen LogP contribution in [0.15, 0.2) is 29.4 Å². The van der Waals surface area contributed by atoms with E-state index in [2.05, 4.69) is 10.5 Å². The van der Waals surface area contributed by atoms with Crippen molar-refractivity contribution >= 4 is 18.0 Å². The fourth-order valence-electron chi connectivity index (χ4n) is 1.88. The maximum absolute atomic E-state index is 11.6. The van der Waals surface area contributed by atoms with E-state index in [0.29, 0.717) is 18.7 Å². The molecule has 1 aromatic carbocycles. The second-order valence-corrected chi connectivity index (χ2v) is 4.29. The largest absolute Gasteiger partial charge is 0.508 e. The Balaban J connectivity index is 1.87. The summed E-state index contributed by atoms with van der Waals surface area (Å²) < 4.78 is 0. The predicted molar refractivity (Wildman–Crippen MR) is 69.7 cm³/mol. The van der Waals surface area contributed by atoms with Crippen LogP contribution in [0.25, 0.3) is 0 Å². The van der Waals surface area contributed by atoms with Gasteiger partial charge in [0.1, 0.15) is 5.75 Å². The summed E-state index contributed by atoms with van der Waals surface area (Å²) in [5.41, 5.74) is 2.82. The number of carbonyl (C=O) groups is 2. The van der Waals surface area contributed by atoms with Crippen LogP contribution in [-0.4, -0.2) is 41.1 Å². The lowest BCUT2D eigenvalue weighted by Gasteiger charge is -2.12. The van der Waals surface area contributed by atoms with Crippen LogP contribution in [0.2, 0.25) is 0 Å². The van der Waals surface area contributed by atoms with Gasteiger partial charge in [-0.05, 0) is 30.5 Å². The summed E-state index contributed by atoms with van der Waals surface area (Å²) >= 11 is 0. The second-order valence-electron chi connectivity index (χ2n) is 4.29. The number of hydrazone groups is 1. The molecule has 0 unspecified atom stereocenters. The van der Waals surface area contributed by atoms with Crippen molar-refractivity contribution in [1.29, 1.82) is 0 Å². The molecule has 1 aliphatic heterocycles. The Labute approximate surface area is 110 Å². The first-order valence-electron chi connectivity index (χ1n) is 6.08. The second kappa shape index (κ2) is 5.99. The SMILES string of the molecule is O=C(N/N=C/c1cccc(O)c1)C(=O)N1CCCC1. The number of rotatable bonds is 2. The Morgan fingerprint density at radius 3 is 2.74 bits per heavy atom. The average molecular weight is 261 g/mol. The highest BCUT2D eigenvalue weighted by atomic mass is 16.3. The molecule has 1 heterocycles. The molecular weight excluding hydrogens is 246 g/mol. The lowest BCUT2D eigenvalue weighted by atomic mass is 10.2. The van der Waals surface area contributed by atoms with Crippen LogP contribution >= 0.6 is 0 Å². The van der Waals surface area contributed by atoms with Gasteiger partial charge in [-0.15, -0.1) is 0 Å². The van der Waals surface area contributed by atoms with E-state index in [9.17, 15) is 14.7 Å². The summed E-state index contributed by atoms with van der Waals surface area (Å²) in [5.74, 6) is -1.17. The summed E-state index contributed by atoms with van der Waals surface area (Å²) in [5, 5.41) is 12.9. The minimum Gasteiger partial charge on any atom is -0.508 e. The number of nitrogens with one attached hydrogen (secondary N) is 1. The molecule has 0 saturated carbocycles. The molecule has 19 heavy (non-hydrogen) atoms. The molecule has 100 valence electrons. The fraction of sp³-hybridized carbons (Fsp3) is 0.308. The average Bonchev–Trinajstić information content (AvgIpc) is 2.91. The van der Waals surface area contributed by atoms with Gasteiger partial charge in [0.05, 0.1) is 6.21 Å². The molecule has 6 heteroatoms. The molecule has 2 amide bonds. The van der Waals surface area contributed by atoms with Gasteiger partial charge >= 0.3 is 11.8 Å². The van der Waals surface area contributed by atoms with E-state index in [1.54, 1.807) is 12.1 Å². The van der Waals surface area contributed by atoms with Gasteiger partial charge in [0.15, 0.2) is 0 Å². The zero-order valence-corrected chi connectivity index (χ0v) is 10.4. The number of nitrogens with zero attached hydrogens (tertiary/aromatic N) is 2. The monoisotopic (exact) mass is 261 g/mol. The maximum Gasteiger partial charge on any atom is 0.329 e. The smallest absolute Gasteiger partial charge is 0.329 e. The summed E-state index contributed by atoms with van der Waals surface area (Å²) in [6.45, 7) is 1.26. The molecule has 6 nitrogen and oxygen atoms in total. The summed E-state index contributed by atoms with van der Waals surface area (Å²) in [6.07, 6.45) is 3.24. The molecule has 2 N–H and O–H groups in total. The zero-order chi connectivity index (χ0) is 13.7. The first-order valence-corrected chi connectivity index (χ1v) is 6.08. The lowest BCUT2D eigenvalue weighted by Crippen LogP contribution is -2.39. The van der Waals surface area contributed by atoms with Crippen LogP contribution < -0.4 is 5.43 Å². The number of amides is 2. The van der Waals surface area contributed by atoms with E-state index in [1.165, 1.54) is 23.2 Å². The molecule has 1 aliphatic rings. The van der Waals surface area contributed by atoms with Crippen molar-refractivity contribution < 1.29 is 14.7 Å². The van der Waals surface area contributed by atoms with E-state index in [0.717, 1.165) is 12.8 Å². The van der Waals surface area contributed by atoms with Crippen molar-refractivity contribution in [3.63, 3.8) is 0 Å². The number of likely N-dealkylation sites (tertiary alicyclic amines) is 1. The van der Waals surface area contributed by atoms with Gasteiger partial charge in [-0.2, -0.15) is 5.10 Å². The van der Waals surface area contributed by atoms with Crippen molar-refractivity contribution in [3.8, 4) is 5.75 Å². The third-order valence-electron chi connectivity index (χ3n) is 2.84. The third-order valence-corrected chi connectivity index (χ3v) is 2.84. The molecule has 2 rings (SSSR count). The quantitative estimate of drug-likeness (QED) is 0.461. The minimum atomic E-state index is -0.738. The van der Waals surface area contributed by atoms with Crippen LogP contribution in [0.1, 0.15) is 18.4 Å². The number of aromatic hydroxyl groups is 1. The van der Waals surface area contributed by atoms with Crippen LogP contribution in [-0.2, 0) is 9.59 Å². The van der Waals surface area contributed by atoms with Gasteiger partial charge in [-0.1, -0.05) is 12.1 Å². The molecule has 1 fully saturated rings. The molecule has 0 spiro atoms. The summed E-state index contributed by atoms with van der Waals surface area (Å²) in [4.78, 5) is 24.7. The summed E-state index contributed by atoms with van der Waals surface area (Å²) in [6, 6.07) is 6.41.